The highest BCUT2D eigenvalue weighted by molar-refractivity contribution is 7.51. The van der Waals surface area contributed by atoms with E-state index in [9.17, 15) is 19.3 Å². The molecule has 1 aromatic heterocycles. The van der Waals surface area contributed by atoms with E-state index in [1.165, 1.54) is 13.3 Å². The van der Waals surface area contributed by atoms with Crippen molar-refractivity contribution >= 4 is 30.3 Å². The molecule has 0 spiro atoms. The van der Waals surface area contributed by atoms with Gasteiger partial charge in [-0.05, 0) is 39.7 Å². The smallest absolute Gasteiger partial charge is 0.408 e. The lowest BCUT2D eigenvalue weighted by Gasteiger charge is -2.43. The lowest BCUT2D eigenvalue weighted by molar-refractivity contribution is 0.0694. The molecule has 0 radical (unpaired) electrons. The lowest BCUT2D eigenvalue weighted by atomic mass is 10.1. The molecule has 1 N–H and O–H groups in total. The minimum Gasteiger partial charge on any atom is -0.492 e. The molecule has 2 aromatic rings. The van der Waals surface area contributed by atoms with Crippen LogP contribution < -0.4 is 15.1 Å². The van der Waals surface area contributed by atoms with Crippen molar-refractivity contribution in [1.29, 1.82) is 0 Å². The summed E-state index contributed by atoms with van der Waals surface area (Å²) in [7, 11) is -2.09. The summed E-state index contributed by atoms with van der Waals surface area (Å²) < 4.78 is 49.0. The summed E-state index contributed by atoms with van der Waals surface area (Å²) in [5.41, 5.74) is -0.582. The molecule has 1 aliphatic heterocycles. The zero-order chi connectivity index (χ0) is 25.5. The van der Waals surface area contributed by atoms with Gasteiger partial charge in [0.2, 0.25) is 5.43 Å². The Bertz CT molecular complexity index is 1240. The SMILES string of the molecule is CCOP(=O)(OCC)N1CCN(c2c(F)cc3c(=O)c(C(=O)O)cn(C4CC4)c3c2OC)CC1C. The highest BCUT2D eigenvalue weighted by Crippen LogP contribution is 2.54. The minimum atomic E-state index is -3.49. The monoisotopic (exact) mass is 511 g/mol. The first-order valence-electron chi connectivity index (χ1n) is 11.8. The van der Waals surface area contributed by atoms with E-state index in [4.69, 9.17) is 13.8 Å². The number of hydrogen-bond donors (Lipinski definition) is 1. The number of benzene rings is 1. The molecule has 1 saturated heterocycles. The Kier molecular flexibility index (Phi) is 7.24. The number of ether oxygens (including phenoxy) is 1. The van der Waals surface area contributed by atoms with Gasteiger partial charge < -0.3 is 19.3 Å². The Morgan fingerprint density at radius 3 is 2.40 bits per heavy atom. The van der Waals surface area contributed by atoms with Crippen molar-refractivity contribution in [2.75, 3.05) is 44.9 Å². The first kappa shape index (κ1) is 25.6. The largest absolute Gasteiger partial charge is 0.492 e. The van der Waals surface area contributed by atoms with E-state index in [1.807, 2.05) is 6.92 Å². The number of pyridine rings is 1. The number of carbonyl (C=O) groups is 1. The van der Waals surface area contributed by atoms with E-state index >= 15 is 4.39 Å². The number of piperazine rings is 1. The molecule has 2 fully saturated rings. The molecule has 0 amide bonds. The third-order valence-electron chi connectivity index (χ3n) is 6.38. The van der Waals surface area contributed by atoms with Crippen LogP contribution in [0.2, 0.25) is 0 Å². The van der Waals surface area contributed by atoms with Gasteiger partial charge in [0, 0.05) is 37.9 Å². The Morgan fingerprint density at radius 1 is 1.23 bits per heavy atom. The molecule has 1 unspecified atom stereocenters. The Balaban J connectivity index is 1.80. The van der Waals surface area contributed by atoms with Crippen molar-refractivity contribution < 1.29 is 32.6 Å². The lowest BCUT2D eigenvalue weighted by Crippen LogP contribution is -2.51. The summed E-state index contributed by atoms with van der Waals surface area (Å²) in [5.74, 6) is -1.86. The van der Waals surface area contributed by atoms with Gasteiger partial charge in [-0.1, -0.05) is 0 Å². The molecule has 10 nitrogen and oxygen atoms in total. The van der Waals surface area contributed by atoms with Gasteiger partial charge in [-0.3, -0.25) is 13.8 Å². The number of rotatable bonds is 9. The molecule has 1 atom stereocenters. The predicted octanol–water partition coefficient (Wildman–Crippen LogP) is 3.87. The van der Waals surface area contributed by atoms with Crippen LogP contribution in [-0.2, 0) is 13.6 Å². The van der Waals surface area contributed by atoms with Crippen LogP contribution in [0, 0.1) is 5.82 Å². The maximum Gasteiger partial charge on any atom is 0.408 e. The van der Waals surface area contributed by atoms with Gasteiger partial charge in [0.15, 0.2) is 11.6 Å². The second-order valence-electron chi connectivity index (χ2n) is 8.71. The number of aromatic nitrogens is 1. The number of halogens is 1. The Hall–Kier alpha value is -2.46. The van der Waals surface area contributed by atoms with E-state index in [2.05, 4.69) is 0 Å². The van der Waals surface area contributed by atoms with Crippen molar-refractivity contribution in [1.82, 2.24) is 9.24 Å². The number of carboxylic acids is 1. The quantitative estimate of drug-likeness (QED) is 0.502. The fourth-order valence-corrected chi connectivity index (χ4v) is 6.67. The van der Waals surface area contributed by atoms with Crippen LogP contribution >= 0.6 is 7.75 Å². The van der Waals surface area contributed by atoms with Crippen molar-refractivity contribution in [3.63, 3.8) is 0 Å². The van der Waals surface area contributed by atoms with Crippen LogP contribution in [-0.4, -0.2) is 66.3 Å². The van der Waals surface area contributed by atoms with Crippen molar-refractivity contribution in [3.8, 4) is 5.75 Å². The number of nitrogens with zero attached hydrogens (tertiary/aromatic N) is 3. The molecule has 35 heavy (non-hydrogen) atoms. The summed E-state index contributed by atoms with van der Waals surface area (Å²) >= 11 is 0. The third kappa shape index (κ3) is 4.58. The molecule has 1 aliphatic carbocycles. The fraction of sp³-hybridized carbons (Fsp3) is 0.565. The number of hydrogen-bond acceptors (Lipinski definition) is 7. The van der Waals surface area contributed by atoms with E-state index in [0.717, 1.165) is 18.9 Å². The number of anilines is 1. The van der Waals surface area contributed by atoms with Crippen molar-refractivity contribution in [3.05, 3.63) is 33.9 Å². The van der Waals surface area contributed by atoms with Crippen LogP contribution in [0.3, 0.4) is 0 Å². The highest BCUT2D eigenvalue weighted by Gasteiger charge is 2.41. The van der Waals surface area contributed by atoms with Crippen molar-refractivity contribution in [2.24, 2.45) is 0 Å². The topological polar surface area (TPSA) is 111 Å². The Labute approximate surface area is 202 Å². The Morgan fingerprint density at radius 2 is 1.89 bits per heavy atom. The summed E-state index contributed by atoms with van der Waals surface area (Å²) in [6.45, 7) is 6.74. The second kappa shape index (κ2) is 9.89. The van der Waals surface area contributed by atoms with Crippen LogP contribution in [0.25, 0.3) is 10.9 Å². The highest BCUT2D eigenvalue weighted by atomic mass is 31.2. The van der Waals surface area contributed by atoms with E-state index in [0.29, 0.717) is 25.2 Å². The number of fused-ring (bicyclic) bond motifs is 1. The molecule has 4 rings (SSSR count). The van der Waals surface area contributed by atoms with Gasteiger partial charge in [-0.25, -0.2) is 18.4 Å². The first-order chi connectivity index (χ1) is 16.7. The average Bonchev–Trinajstić information content (AvgIpc) is 3.64. The van der Waals surface area contributed by atoms with Crippen LogP contribution in [0.1, 0.15) is 50.0 Å². The minimum absolute atomic E-state index is 0.0162. The molecule has 192 valence electrons. The maximum absolute atomic E-state index is 15.6. The van der Waals surface area contributed by atoms with Crippen LogP contribution in [0.5, 0.6) is 5.75 Å². The van der Waals surface area contributed by atoms with E-state index < -0.39 is 30.5 Å². The summed E-state index contributed by atoms with van der Waals surface area (Å²) in [5, 5.41) is 9.48. The fourth-order valence-electron chi connectivity index (χ4n) is 4.75. The molecule has 0 bridgehead atoms. The zero-order valence-electron chi connectivity index (χ0n) is 20.3. The van der Waals surface area contributed by atoms with Gasteiger partial charge in [-0.15, -0.1) is 0 Å². The maximum atomic E-state index is 15.6. The molecule has 12 heteroatoms. The molecule has 1 aromatic carbocycles. The third-order valence-corrected chi connectivity index (χ3v) is 8.77. The van der Waals surface area contributed by atoms with Crippen molar-refractivity contribution in [2.45, 2.75) is 45.7 Å². The van der Waals surface area contributed by atoms with Gasteiger partial charge >= 0.3 is 13.7 Å². The average molecular weight is 511 g/mol. The van der Waals surface area contributed by atoms with Crippen LogP contribution in [0.4, 0.5) is 10.1 Å². The molecular weight excluding hydrogens is 480 g/mol. The van der Waals surface area contributed by atoms with Gasteiger partial charge in [0.25, 0.3) is 0 Å². The number of methoxy groups -OCH3 is 1. The summed E-state index contributed by atoms with van der Waals surface area (Å²) in [6, 6.07) is 0.818. The molecule has 2 aliphatic rings. The van der Waals surface area contributed by atoms with Gasteiger partial charge in [0.05, 0.1) is 31.2 Å². The van der Waals surface area contributed by atoms with Gasteiger partial charge in [-0.2, -0.15) is 0 Å². The molecular formula is C23H31FN3O7P. The second-order valence-corrected chi connectivity index (χ2v) is 10.7. The van der Waals surface area contributed by atoms with Crippen LogP contribution in [0.15, 0.2) is 17.1 Å². The summed E-state index contributed by atoms with van der Waals surface area (Å²) in [6.07, 6.45) is 2.98. The van der Waals surface area contributed by atoms with E-state index in [1.54, 1.807) is 28.0 Å². The zero-order valence-corrected chi connectivity index (χ0v) is 21.2. The predicted molar refractivity (Wildman–Crippen MR) is 129 cm³/mol. The molecule has 2 heterocycles. The number of carboxylic acid groups (broad SMARTS) is 1. The summed E-state index contributed by atoms with van der Waals surface area (Å²) in [4.78, 5) is 26.4. The number of aromatic carboxylic acids is 1. The molecule has 1 saturated carbocycles. The van der Waals surface area contributed by atoms with Gasteiger partial charge in [0.1, 0.15) is 11.3 Å². The normalized spacial score (nSPS) is 19.3. The van der Waals surface area contributed by atoms with E-state index in [-0.39, 0.29) is 42.1 Å². The standard InChI is InChI=1S/C23H31FN3O7P/c1-5-33-35(31,34-6-2)27-10-9-25(12-14(27)3)20-18(24)11-16-19(22(20)32-4)26(15-7-8-15)13-17(21(16)28)23(29)30/h11,13-15H,5-10,12H2,1-4H3,(H,29,30). The first-order valence-corrected chi connectivity index (χ1v) is 13.3.